The second-order valence-electron chi connectivity index (χ2n) is 10.1. The second-order valence-corrected chi connectivity index (χ2v) is 10.1. The summed E-state index contributed by atoms with van der Waals surface area (Å²) in [4.78, 5) is 28.0. The summed E-state index contributed by atoms with van der Waals surface area (Å²) in [5.74, 6) is 0.123. The summed E-state index contributed by atoms with van der Waals surface area (Å²) in [7, 11) is 0. The van der Waals surface area contributed by atoms with Gasteiger partial charge in [-0.1, -0.05) is 19.9 Å². The number of hydrogen-bond donors (Lipinski definition) is 1. The highest BCUT2D eigenvalue weighted by atomic mass is 16.8. The normalized spacial score (nSPS) is 30.9. The zero-order valence-corrected chi connectivity index (χ0v) is 20.0. The van der Waals surface area contributed by atoms with Gasteiger partial charge >= 0.3 is 5.97 Å². The van der Waals surface area contributed by atoms with Crippen LogP contribution in [-0.2, 0) is 23.8 Å². The van der Waals surface area contributed by atoms with Crippen molar-refractivity contribution in [2.24, 2.45) is 5.92 Å². The minimum Gasteiger partial charge on any atom is -0.460 e. The number of nitrogens with zero attached hydrogens (tertiary/aromatic N) is 1. The van der Waals surface area contributed by atoms with Crippen molar-refractivity contribution < 1.29 is 33.3 Å². The lowest BCUT2D eigenvalue weighted by atomic mass is 9.88. The smallest absolute Gasteiger partial charge is 0.328 e. The summed E-state index contributed by atoms with van der Waals surface area (Å²) in [6.07, 6.45) is 3.70. The molecule has 5 rings (SSSR count). The number of hydrogen-bond acceptors (Lipinski definition) is 8. The summed E-state index contributed by atoms with van der Waals surface area (Å²) < 4.78 is 29.3. The number of benzene rings is 1. The molecule has 4 heterocycles. The molecule has 0 aromatic heterocycles. The molecule has 9 heteroatoms. The van der Waals surface area contributed by atoms with Crippen molar-refractivity contribution >= 4 is 17.6 Å². The molecule has 0 unspecified atom stereocenters. The number of esters is 1. The molecular weight excluding hydrogens is 440 g/mol. The van der Waals surface area contributed by atoms with Gasteiger partial charge < -0.3 is 33.9 Å². The first kappa shape index (κ1) is 23.0. The van der Waals surface area contributed by atoms with Gasteiger partial charge in [0.2, 0.25) is 12.7 Å². The van der Waals surface area contributed by atoms with Crippen LogP contribution in [-0.4, -0.2) is 55.8 Å². The number of anilines is 1. The van der Waals surface area contributed by atoms with Gasteiger partial charge in [0.25, 0.3) is 0 Å². The average Bonchev–Trinajstić information content (AvgIpc) is 3.35. The van der Waals surface area contributed by atoms with Crippen LogP contribution in [0.2, 0.25) is 0 Å². The van der Waals surface area contributed by atoms with Crippen LogP contribution in [0.4, 0.5) is 5.69 Å². The SMILES string of the molecule is CC(C)C[C@@H]1NC(=O)C[C@H]2[C@@H]3OC(C)(C)O[C@H]3c3cc4c(cc3N2C/C=C/COC1=O)OCO4. The van der Waals surface area contributed by atoms with E-state index in [0.717, 1.165) is 11.3 Å². The lowest BCUT2D eigenvalue weighted by molar-refractivity contribution is -0.149. The first-order valence-corrected chi connectivity index (χ1v) is 11.9. The molecule has 0 saturated carbocycles. The van der Waals surface area contributed by atoms with Gasteiger partial charge in [0.15, 0.2) is 17.3 Å². The van der Waals surface area contributed by atoms with E-state index in [1.54, 1.807) is 0 Å². The summed E-state index contributed by atoms with van der Waals surface area (Å²) in [5, 5.41) is 2.91. The van der Waals surface area contributed by atoms with Crippen LogP contribution in [0.1, 0.15) is 52.2 Å². The number of fused-ring (bicyclic) bond motifs is 7. The average molecular weight is 473 g/mol. The molecule has 0 spiro atoms. The van der Waals surface area contributed by atoms with Crippen LogP contribution >= 0.6 is 0 Å². The van der Waals surface area contributed by atoms with E-state index in [1.165, 1.54) is 0 Å². The highest BCUT2D eigenvalue weighted by Gasteiger charge is 2.52. The van der Waals surface area contributed by atoms with Gasteiger partial charge in [-0.15, -0.1) is 0 Å². The van der Waals surface area contributed by atoms with Gasteiger partial charge in [0.1, 0.15) is 24.9 Å². The molecule has 1 fully saturated rings. The van der Waals surface area contributed by atoms with E-state index in [4.69, 9.17) is 23.7 Å². The molecule has 4 aliphatic rings. The van der Waals surface area contributed by atoms with Crippen molar-refractivity contribution in [2.45, 2.75) is 70.6 Å². The molecule has 1 aromatic carbocycles. The lowest BCUT2D eigenvalue weighted by Gasteiger charge is -2.43. The van der Waals surface area contributed by atoms with Gasteiger partial charge in [-0.3, -0.25) is 4.79 Å². The number of nitrogens with one attached hydrogen (secondary N) is 1. The lowest BCUT2D eigenvalue weighted by Crippen LogP contribution is -2.53. The van der Waals surface area contributed by atoms with Crippen LogP contribution in [0.3, 0.4) is 0 Å². The van der Waals surface area contributed by atoms with Gasteiger partial charge in [-0.25, -0.2) is 4.79 Å². The number of ether oxygens (including phenoxy) is 5. The van der Waals surface area contributed by atoms with Crippen molar-refractivity contribution in [3.63, 3.8) is 0 Å². The zero-order chi connectivity index (χ0) is 24.0. The highest BCUT2D eigenvalue weighted by molar-refractivity contribution is 5.85. The van der Waals surface area contributed by atoms with Crippen molar-refractivity contribution in [3.8, 4) is 11.5 Å². The Morgan fingerprint density at radius 3 is 2.62 bits per heavy atom. The maximum absolute atomic E-state index is 13.2. The molecule has 1 saturated heterocycles. The van der Waals surface area contributed by atoms with E-state index in [9.17, 15) is 9.59 Å². The van der Waals surface area contributed by atoms with E-state index in [2.05, 4.69) is 10.2 Å². The molecule has 1 N–H and O–H groups in total. The van der Waals surface area contributed by atoms with E-state index < -0.39 is 17.8 Å². The quantitative estimate of drug-likeness (QED) is 0.519. The Hall–Kier alpha value is -2.78. The third kappa shape index (κ3) is 4.34. The number of cyclic esters (lactones) is 1. The van der Waals surface area contributed by atoms with Crippen molar-refractivity contribution in [1.29, 1.82) is 0 Å². The maximum atomic E-state index is 13.2. The van der Waals surface area contributed by atoms with Crippen LogP contribution in [0.25, 0.3) is 0 Å². The van der Waals surface area contributed by atoms with Crippen LogP contribution in [0.15, 0.2) is 24.3 Å². The number of rotatable bonds is 2. The Morgan fingerprint density at radius 1 is 1.09 bits per heavy atom. The largest absolute Gasteiger partial charge is 0.460 e. The molecule has 1 amide bonds. The predicted octanol–water partition coefficient (Wildman–Crippen LogP) is 2.83. The predicted molar refractivity (Wildman–Crippen MR) is 123 cm³/mol. The molecule has 34 heavy (non-hydrogen) atoms. The minimum atomic E-state index is -0.807. The first-order chi connectivity index (χ1) is 16.2. The monoisotopic (exact) mass is 472 g/mol. The Balaban J connectivity index is 1.54. The summed E-state index contributed by atoms with van der Waals surface area (Å²) in [6, 6.07) is 2.91. The molecular formula is C25H32N2O7. The zero-order valence-electron chi connectivity index (χ0n) is 20.0. The molecule has 0 aliphatic carbocycles. The topological polar surface area (TPSA) is 95.6 Å². The first-order valence-electron chi connectivity index (χ1n) is 11.9. The third-order valence-electron chi connectivity index (χ3n) is 6.56. The van der Waals surface area contributed by atoms with Crippen LogP contribution in [0.5, 0.6) is 11.5 Å². The van der Waals surface area contributed by atoms with Gasteiger partial charge in [0, 0.05) is 30.3 Å². The molecule has 4 atom stereocenters. The third-order valence-corrected chi connectivity index (χ3v) is 6.56. The van der Waals surface area contributed by atoms with Crippen molar-refractivity contribution in [1.82, 2.24) is 5.32 Å². The summed E-state index contributed by atoms with van der Waals surface area (Å²) in [6.45, 7) is 8.60. The number of amides is 1. The number of carbonyl (C=O) groups is 2. The van der Waals surface area contributed by atoms with Crippen LogP contribution in [0, 0.1) is 5.92 Å². The molecule has 1 aromatic rings. The standard InChI is InChI=1S/C25H32N2O7/c1-14(2)9-16-24(29)30-8-6-5-7-27-17-11-20-19(31-13-32-20)10-15(17)22-23(34-25(3,4)33-22)18(27)12-21(28)26-16/h5-6,10-11,14,16,18,22-23H,7-9,12-13H2,1-4H3,(H,26,28)/b6-5+/t16-,18-,22-,23-/m0/s1. The fourth-order valence-electron chi connectivity index (χ4n) is 5.17. The van der Waals surface area contributed by atoms with Gasteiger partial charge in [-0.2, -0.15) is 0 Å². The van der Waals surface area contributed by atoms with Crippen molar-refractivity contribution in [3.05, 3.63) is 29.8 Å². The summed E-state index contributed by atoms with van der Waals surface area (Å²) >= 11 is 0. The summed E-state index contributed by atoms with van der Waals surface area (Å²) in [5.41, 5.74) is 1.86. The van der Waals surface area contributed by atoms with E-state index in [0.29, 0.717) is 24.5 Å². The molecule has 0 radical (unpaired) electrons. The fraction of sp³-hybridized carbons (Fsp3) is 0.600. The van der Waals surface area contributed by atoms with Crippen molar-refractivity contribution in [2.75, 3.05) is 24.8 Å². The Bertz CT molecular complexity index is 1010. The highest BCUT2D eigenvalue weighted by Crippen LogP contribution is 2.52. The molecule has 4 aliphatic heterocycles. The second kappa shape index (κ2) is 8.78. The maximum Gasteiger partial charge on any atom is 0.328 e. The van der Waals surface area contributed by atoms with E-state index >= 15 is 0 Å². The van der Waals surface area contributed by atoms with E-state index in [-0.39, 0.29) is 49.9 Å². The molecule has 184 valence electrons. The molecule has 9 nitrogen and oxygen atoms in total. The van der Waals surface area contributed by atoms with E-state index in [1.807, 2.05) is 52.0 Å². The molecule has 0 bridgehead atoms. The minimum absolute atomic E-state index is 0.143. The Labute approximate surface area is 199 Å². The van der Waals surface area contributed by atoms with Crippen LogP contribution < -0.4 is 19.7 Å². The Kier molecular flexibility index (Phi) is 5.93. The fourth-order valence-corrected chi connectivity index (χ4v) is 5.17. The van der Waals surface area contributed by atoms with Gasteiger partial charge in [-0.05, 0) is 38.3 Å². The number of carbonyl (C=O) groups excluding carboxylic acids is 2. The Morgan fingerprint density at radius 2 is 1.85 bits per heavy atom. The van der Waals surface area contributed by atoms with Gasteiger partial charge in [0.05, 0.1) is 6.04 Å².